The number of halogens is 4. The van der Waals surface area contributed by atoms with Crippen LogP contribution in [0.1, 0.15) is 24.9 Å². The first-order valence-corrected chi connectivity index (χ1v) is 6.51. The Morgan fingerprint density at radius 3 is 2.32 bits per heavy atom. The first kappa shape index (κ1) is 14.4. The van der Waals surface area contributed by atoms with Crippen LogP contribution >= 0.6 is 11.6 Å². The minimum Gasteiger partial charge on any atom is -0.293 e. The Morgan fingerprint density at radius 1 is 1.21 bits per heavy atom. The summed E-state index contributed by atoms with van der Waals surface area (Å²) in [7, 11) is 0. The molecule has 1 aliphatic rings. The lowest BCUT2D eigenvalue weighted by atomic mass is 10.0. The highest BCUT2D eigenvalue weighted by atomic mass is 35.5. The maximum absolute atomic E-state index is 12.5. The van der Waals surface area contributed by atoms with Crippen LogP contribution in [0.4, 0.5) is 13.2 Å². The van der Waals surface area contributed by atoms with E-state index < -0.39 is 11.7 Å². The van der Waals surface area contributed by atoms with E-state index in [-0.39, 0.29) is 12.5 Å². The van der Waals surface area contributed by atoms with Gasteiger partial charge in [-0.05, 0) is 31.0 Å². The molecule has 2 rings (SSSR count). The zero-order valence-corrected chi connectivity index (χ0v) is 11.3. The van der Waals surface area contributed by atoms with Crippen LogP contribution in [-0.2, 0) is 0 Å². The van der Waals surface area contributed by atoms with E-state index in [4.69, 9.17) is 11.6 Å². The predicted molar refractivity (Wildman–Crippen MR) is 70.2 cm³/mol. The van der Waals surface area contributed by atoms with Gasteiger partial charge < -0.3 is 0 Å². The Balaban J connectivity index is 2.05. The average molecular weight is 290 g/mol. The summed E-state index contributed by atoms with van der Waals surface area (Å²) in [6, 6.07) is 7.51. The van der Waals surface area contributed by atoms with Gasteiger partial charge in [-0.1, -0.05) is 29.8 Å². The lowest BCUT2D eigenvalue weighted by Gasteiger charge is -2.32. The van der Waals surface area contributed by atoms with Crippen molar-refractivity contribution in [2.24, 2.45) is 0 Å². The summed E-state index contributed by atoms with van der Waals surface area (Å²) >= 11 is 5.82. The van der Waals surface area contributed by atoms with Crippen LogP contribution in [-0.4, -0.2) is 24.2 Å². The van der Waals surface area contributed by atoms with Crippen molar-refractivity contribution in [3.05, 3.63) is 46.5 Å². The zero-order valence-electron chi connectivity index (χ0n) is 10.5. The van der Waals surface area contributed by atoms with E-state index in [1.165, 1.54) is 6.08 Å². The van der Waals surface area contributed by atoms with Crippen molar-refractivity contribution < 1.29 is 13.2 Å². The SMILES string of the molecule is C[C@H](c1ccc(Cl)cc1)N1CC=C(C(F)(F)F)CC1. The van der Waals surface area contributed by atoms with Crippen molar-refractivity contribution in [1.29, 1.82) is 0 Å². The van der Waals surface area contributed by atoms with Gasteiger partial charge in [-0.2, -0.15) is 13.2 Å². The largest absolute Gasteiger partial charge is 0.412 e. The van der Waals surface area contributed by atoms with Gasteiger partial charge in [0.1, 0.15) is 0 Å². The minimum absolute atomic E-state index is 0.0570. The van der Waals surface area contributed by atoms with E-state index in [1.807, 2.05) is 24.0 Å². The van der Waals surface area contributed by atoms with Crippen molar-refractivity contribution >= 4 is 11.6 Å². The van der Waals surface area contributed by atoms with E-state index in [0.717, 1.165) is 5.56 Å². The van der Waals surface area contributed by atoms with Gasteiger partial charge >= 0.3 is 6.18 Å². The number of hydrogen-bond donors (Lipinski definition) is 0. The quantitative estimate of drug-likeness (QED) is 0.720. The molecule has 5 heteroatoms. The minimum atomic E-state index is -4.18. The zero-order chi connectivity index (χ0) is 14.0. The molecule has 0 saturated carbocycles. The highest BCUT2D eigenvalue weighted by Crippen LogP contribution is 2.32. The van der Waals surface area contributed by atoms with E-state index in [2.05, 4.69) is 0 Å². The van der Waals surface area contributed by atoms with Crippen molar-refractivity contribution in [2.45, 2.75) is 25.6 Å². The van der Waals surface area contributed by atoms with Gasteiger partial charge in [-0.3, -0.25) is 4.90 Å². The summed E-state index contributed by atoms with van der Waals surface area (Å²) in [5, 5.41) is 0.661. The number of alkyl halides is 3. The van der Waals surface area contributed by atoms with Crippen LogP contribution in [0.25, 0.3) is 0 Å². The Morgan fingerprint density at radius 2 is 1.84 bits per heavy atom. The summed E-state index contributed by atoms with van der Waals surface area (Å²) in [5.41, 5.74) is 0.653. The Labute approximate surface area is 115 Å². The van der Waals surface area contributed by atoms with Gasteiger partial charge in [-0.15, -0.1) is 0 Å². The van der Waals surface area contributed by atoms with Crippen LogP contribution in [0, 0.1) is 0 Å². The molecule has 0 bridgehead atoms. The molecule has 1 nitrogen and oxygen atoms in total. The van der Waals surface area contributed by atoms with Crippen LogP contribution in [0.5, 0.6) is 0 Å². The summed E-state index contributed by atoms with van der Waals surface area (Å²) in [6.07, 6.45) is -2.84. The average Bonchev–Trinajstić information content (AvgIpc) is 2.38. The lowest BCUT2D eigenvalue weighted by Crippen LogP contribution is -2.33. The van der Waals surface area contributed by atoms with Crippen LogP contribution in [0.3, 0.4) is 0 Å². The van der Waals surface area contributed by atoms with E-state index in [1.54, 1.807) is 12.1 Å². The fourth-order valence-corrected chi connectivity index (χ4v) is 2.37. The molecule has 1 aliphatic heterocycles. The topological polar surface area (TPSA) is 3.24 Å². The molecule has 1 atom stereocenters. The number of rotatable bonds is 2. The summed E-state index contributed by atoms with van der Waals surface area (Å²) in [5.74, 6) is 0. The van der Waals surface area contributed by atoms with Crippen LogP contribution in [0.15, 0.2) is 35.9 Å². The van der Waals surface area contributed by atoms with E-state index in [0.29, 0.717) is 18.1 Å². The molecule has 0 unspecified atom stereocenters. The van der Waals surface area contributed by atoms with Gasteiger partial charge in [0.15, 0.2) is 0 Å². The third-order valence-electron chi connectivity index (χ3n) is 3.50. The molecule has 0 saturated heterocycles. The molecule has 0 N–H and O–H groups in total. The Kier molecular flexibility index (Phi) is 4.21. The normalized spacial score (nSPS) is 19.1. The highest BCUT2D eigenvalue weighted by Gasteiger charge is 2.35. The maximum Gasteiger partial charge on any atom is 0.412 e. The third kappa shape index (κ3) is 3.51. The molecule has 0 spiro atoms. The Hall–Kier alpha value is -1.00. The van der Waals surface area contributed by atoms with Gasteiger partial charge in [0.25, 0.3) is 0 Å². The smallest absolute Gasteiger partial charge is 0.293 e. The molecule has 1 heterocycles. The monoisotopic (exact) mass is 289 g/mol. The molecule has 104 valence electrons. The molecule has 1 aromatic carbocycles. The molecule has 0 radical (unpaired) electrons. The van der Waals surface area contributed by atoms with Crippen LogP contribution < -0.4 is 0 Å². The molecule has 0 fully saturated rings. The van der Waals surface area contributed by atoms with E-state index >= 15 is 0 Å². The van der Waals surface area contributed by atoms with Gasteiger partial charge in [0.2, 0.25) is 0 Å². The Bertz CT molecular complexity index is 465. The summed E-state index contributed by atoms with van der Waals surface area (Å²) in [6.45, 7) is 2.75. The van der Waals surface area contributed by atoms with Gasteiger partial charge in [0.05, 0.1) is 0 Å². The standard InChI is InChI=1S/C14H15ClF3N/c1-10(11-2-4-13(15)5-3-11)19-8-6-12(7-9-19)14(16,17)18/h2-6,10H,7-9H2,1H3/t10-/m1/s1. The molecule has 0 aromatic heterocycles. The molecule has 0 aliphatic carbocycles. The maximum atomic E-state index is 12.5. The van der Waals surface area contributed by atoms with E-state index in [9.17, 15) is 13.2 Å². The first-order valence-electron chi connectivity index (χ1n) is 6.13. The molecular weight excluding hydrogens is 275 g/mol. The predicted octanol–water partition coefficient (Wildman–Crippen LogP) is 4.60. The van der Waals surface area contributed by atoms with Crippen molar-refractivity contribution in [3.63, 3.8) is 0 Å². The highest BCUT2D eigenvalue weighted by molar-refractivity contribution is 6.30. The second-order valence-corrected chi connectivity index (χ2v) is 5.14. The third-order valence-corrected chi connectivity index (χ3v) is 3.76. The molecular formula is C14H15ClF3N. The van der Waals surface area contributed by atoms with Crippen molar-refractivity contribution in [3.8, 4) is 0 Å². The number of nitrogens with zero attached hydrogens (tertiary/aromatic N) is 1. The number of benzene rings is 1. The fourth-order valence-electron chi connectivity index (χ4n) is 2.25. The second-order valence-electron chi connectivity index (χ2n) is 4.70. The molecule has 1 aromatic rings. The van der Waals surface area contributed by atoms with Gasteiger partial charge in [0, 0.05) is 29.7 Å². The van der Waals surface area contributed by atoms with Crippen LogP contribution in [0.2, 0.25) is 5.02 Å². The second kappa shape index (κ2) is 5.55. The summed E-state index contributed by atoms with van der Waals surface area (Å²) in [4.78, 5) is 2.03. The molecule has 0 amide bonds. The fraction of sp³-hybridized carbons (Fsp3) is 0.429. The van der Waals surface area contributed by atoms with Crippen molar-refractivity contribution in [1.82, 2.24) is 4.90 Å². The van der Waals surface area contributed by atoms with Crippen molar-refractivity contribution in [2.75, 3.05) is 13.1 Å². The molecule has 19 heavy (non-hydrogen) atoms. The summed E-state index contributed by atoms with van der Waals surface area (Å²) < 4.78 is 37.6. The lowest BCUT2D eigenvalue weighted by molar-refractivity contribution is -0.0963. The number of hydrogen-bond acceptors (Lipinski definition) is 1. The van der Waals surface area contributed by atoms with Gasteiger partial charge in [-0.25, -0.2) is 0 Å². The first-order chi connectivity index (χ1) is 8.88.